The lowest BCUT2D eigenvalue weighted by molar-refractivity contribution is 0.886. The largest absolute Gasteiger partial charge is 0.384 e. The van der Waals surface area contributed by atoms with Gasteiger partial charge in [-0.3, -0.25) is 0 Å². The summed E-state index contributed by atoms with van der Waals surface area (Å²) in [6.45, 7) is 0. The summed E-state index contributed by atoms with van der Waals surface area (Å²) in [5.74, 6) is 1.69. The number of aromatic nitrogens is 1. The van der Waals surface area contributed by atoms with E-state index in [9.17, 15) is 0 Å². The second kappa shape index (κ2) is 4.69. The molecule has 0 bridgehead atoms. The fraction of sp³-hybridized carbons (Fsp3) is 0.545. The third-order valence-corrected chi connectivity index (χ3v) is 4.08. The molecule has 0 spiro atoms. The molecule has 0 radical (unpaired) electrons. The van der Waals surface area contributed by atoms with Crippen LogP contribution in [0.5, 0.6) is 0 Å². The van der Waals surface area contributed by atoms with Crippen LogP contribution in [0.4, 0.5) is 5.82 Å². The van der Waals surface area contributed by atoms with Gasteiger partial charge in [-0.25, -0.2) is 4.98 Å². The molecule has 0 aliphatic heterocycles. The first kappa shape index (κ1) is 9.84. The van der Waals surface area contributed by atoms with E-state index in [0.717, 1.165) is 11.0 Å². The molecule has 1 aromatic rings. The lowest BCUT2D eigenvalue weighted by atomic mass is 10.3. The third kappa shape index (κ3) is 2.64. The summed E-state index contributed by atoms with van der Waals surface area (Å²) in [5.41, 5.74) is 6.82. The Morgan fingerprint density at radius 3 is 2.79 bits per heavy atom. The average Bonchev–Trinajstić information content (AvgIpc) is 2.70. The molecule has 2 N–H and O–H groups in total. The van der Waals surface area contributed by atoms with Crippen LogP contribution >= 0.6 is 11.8 Å². The van der Waals surface area contributed by atoms with E-state index in [-0.39, 0.29) is 0 Å². The molecule has 1 aromatic heterocycles. The number of rotatable bonds is 3. The minimum atomic E-state index is 0.611. The molecule has 1 aliphatic carbocycles. The molecule has 0 amide bonds. The number of nitrogens with zero attached hydrogens (tertiary/aromatic N) is 1. The normalized spacial score (nSPS) is 17.4. The minimum Gasteiger partial charge on any atom is -0.384 e. The predicted molar refractivity (Wildman–Crippen MR) is 62.2 cm³/mol. The van der Waals surface area contributed by atoms with Crippen LogP contribution in [0.3, 0.4) is 0 Å². The van der Waals surface area contributed by atoms with E-state index < -0.39 is 0 Å². The molecule has 76 valence electrons. The summed E-state index contributed by atoms with van der Waals surface area (Å²) in [7, 11) is 0. The van der Waals surface area contributed by atoms with Gasteiger partial charge in [0.15, 0.2) is 0 Å². The second-order valence-corrected chi connectivity index (χ2v) is 5.10. The van der Waals surface area contributed by atoms with Crippen molar-refractivity contribution in [1.82, 2.24) is 4.98 Å². The summed E-state index contributed by atoms with van der Waals surface area (Å²) in [6, 6.07) is 3.95. The van der Waals surface area contributed by atoms with Gasteiger partial charge >= 0.3 is 0 Å². The molecule has 2 nitrogen and oxygen atoms in total. The summed E-state index contributed by atoms with van der Waals surface area (Å²) in [5, 5.41) is 0.882. The average molecular weight is 208 g/mol. The van der Waals surface area contributed by atoms with Crippen LogP contribution in [-0.4, -0.2) is 10.2 Å². The maximum absolute atomic E-state index is 5.53. The standard InChI is InChI=1S/C11H16N2S/c12-11-6-5-9(7-13-11)8-14-10-3-1-2-4-10/h5-7,10H,1-4,8H2,(H2,12,13). The zero-order valence-electron chi connectivity index (χ0n) is 8.28. The van der Waals surface area contributed by atoms with Crippen LogP contribution in [0.25, 0.3) is 0 Å². The SMILES string of the molecule is Nc1ccc(CSC2CCCC2)cn1. The van der Waals surface area contributed by atoms with E-state index in [1.165, 1.54) is 31.2 Å². The topological polar surface area (TPSA) is 38.9 Å². The van der Waals surface area contributed by atoms with Crippen molar-refractivity contribution >= 4 is 17.6 Å². The molecule has 1 saturated carbocycles. The van der Waals surface area contributed by atoms with Crippen molar-refractivity contribution in [2.45, 2.75) is 36.7 Å². The first-order valence-corrected chi connectivity index (χ1v) is 6.21. The second-order valence-electron chi connectivity index (χ2n) is 3.81. The number of hydrogen-bond donors (Lipinski definition) is 1. The first-order valence-electron chi connectivity index (χ1n) is 5.16. The highest BCUT2D eigenvalue weighted by molar-refractivity contribution is 7.99. The number of anilines is 1. The Labute approximate surface area is 89.3 Å². The molecule has 0 saturated heterocycles. The van der Waals surface area contributed by atoms with Gasteiger partial charge in [0.2, 0.25) is 0 Å². The van der Waals surface area contributed by atoms with E-state index in [1.54, 1.807) is 0 Å². The highest BCUT2D eigenvalue weighted by Crippen LogP contribution is 2.31. The van der Waals surface area contributed by atoms with Gasteiger partial charge in [-0.1, -0.05) is 18.9 Å². The fourth-order valence-electron chi connectivity index (χ4n) is 1.79. The van der Waals surface area contributed by atoms with Gasteiger partial charge in [0, 0.05) is 17.2 Å². The molecule has 1 aliphatic rings. The molecule has 1 fully saturated rings. The summed E-state index contributed by atoms with van der Waals surface area (Å²) in [4.78, 5) is 4.09. The van der Waals surface area contributed by atoms with E-state index in [2.05, 4.69) is 22.8 Å². The van der Waals surface area contributed by atoms with Gasteiger partial charge in [0.1, 0.15) is 5.82 Å². The molecule has 3 heteroatoms. The molecule has 1 heterocycles. The Kier molecular flexibility index (Phi) is 3.30. The Hall–Kier alpha value is -0.700. The van der Waals surface area contributed by atoms with Crippen molar-refractivity contribution in [2.75, 3.05) is 5.73 Å². The van der Waals surface area contributed by atoms with Crippen molar-refractivity contribution in [3.8, 4) is 0 Å². The van der Waals surface area contributed by atoms with Crippen molar-refractivity contribution in [2.24, 2.45) is 0 Å². The Morgan fingerprint density at radius 1 is 1.36 bits per heavy atom. The van der Waals surface area contributed by atoms with Crippen LogP contribution < -0.4 is 5.73 Å². The number of nitrogen functional groups attached to an aromatic ring is 1. The summed E-state index contributed by atoms with van der Waals surface area (Å²) in [6.07, 6.45) is 7.51. The molecule has 2 rings (SSSR count). The predicted octanol–water partition coefficient (Wildman–Crippen LogP) is 2.84. The zero-order valence-corrected chi connectivity index (χ0v) is 9.09. The molecular weight excluding hydrogens is 192 g/mol. The number of thioether (sulfide) groups is 1. The summed E-state index contributed by atoms with van der Waals surface area (Å²) < 4.78 is 0. The maximum Gasteiger partial charge on any atom is 0.123 e. The molecule has 0 aromatic carbocycles. The highest BCUT2D eigenvalue weighted by Gasteiger charge is 2.14. The van der Waals surface area contributed by atoms with Crippen LogP contribution in [-0.2, 0) is 5.75 Å². The van der Waals surface area contributed by atoms with Crippen molar-refractivity contribution in [1.29, 1.82) is 0 Å². The van der Waals surface area contributed by atoms with Gasteiger partial charge in [0.25, 0.3) is 0 Å². The first-order chi connectivity index (χ1) is 6.84. The van der Waals surface area contributed by atoms with Crippen LogP contribution in [0.2, 0.25) is 0 Å². The minimum absolute atomic E-state index is 0.611. The van der Waals surface area contributed by atoms with Gasteiger partial charge in [0.05, 0.1) is 0 Å². The Morgan fingerprint density at radius 2 is 2.14 bits per heavy atom. The molecule has 0 atom stereocenters. The van der Waals surface area contributed by atoms with Gasteiger partial charge in [-0.15, -0.1) is 0 Å². The van der Waals surface area contributed by atoms with Crippen molar-refractivity contribution < 1.29 is 0 Å². The van der Waals surface area contributed by atoms with Crippen LogP contribution in [0, 0.1) is 0 Å². The molecule has 0 unspecified atom stereocenters. The summed E-state index contributed by atoms with van der Waals surface area (Å²) >= 11 is 2.06. The monoisotopic (exact) mass is 208 g/mol. The molecule has 14 heavy (non-hydrogen) atoms. The quantitative estimate of drug-likeness (QED) is 0.830. The smallest absolute Gasteiger partial charge is 0.123 e. The number of nitrogens with two attached hydrogens (primary N) is 1. The number of pyridine rings is 1. The number of hydrogen-bond acceptors (Lipinski definition) is 3. The van der Waals surface area contributed by atoms with Crippen molar-refractivity contribution in [3.63, 3.8) is 0 Å². The Balaban J connectivity index is 1.82. The fourth-order valence-corrected chi connectivity index (χ4v) is 3.06. The maximum atomic E-state index is 5.53. The van der Waals surface area contributed by atoms with E-state index in [4.69, 9.17) is 5.73 Å². The molecular formula is C11H16N2S. The van der Waals surface area contributed by atoms with Crippen LogP contribution in [0.15, 0.2) is 18.3 Å². The lowest BCUT2D eigenvalue weighted by Crippen LogP contribution is -1.96. The van der Waals surface area contributed by atoms with E-state index in [0.29, 0.717) is 5.82 Å². The Bertz CT molecular complexity index is 278. The zero-order chi connectivity index (χ0) is 9.80. The van der Waals surface area contributed by atoms with Gasteiger partial charge < -0.3 is 5.73 Å². The van der Waals surface area contributed by atoms with Gasteiger partial charge in [-0.2, -0.15) is 11.8 Å². The van der Waals surface area contributed by atoms with Gasteiger partial charge in [-0.05, 0) is 24.5 Å². The third-order valence-electron chi connectivity index (χ3n) is 2.64. The van der Waals surface area contributed by atoms with E-state index >= 15 is 0 Å². The van der Waals surface area contributed by atoms with E-state index in [1.807, 2.05) is 12.3 Å². The van der Waals surface area contributed by atoms with Crippen molar-refractivity contribution in [3.05, 3.63) is 23.9 Å². The highest BCUT2D eigenvalue weighted by atomic mass is 32.2. The lowest BCUT2D eigenvalue weighted by Gasteiger charge is -2.07. The van der Waals surface area contributed by atoms with Crippen LogP contribution in [0.1, 0.15) is 31.2 Å².